The van der Waals surface area contributed by atoms with Crippen molar-refractivity contribution in [1.29, 1.82) is 0 Å². The maximum absolute atomic E-state index is 4.02. The van der Waals surface area contributed by atoms with Gasteiger partial charge in [-0.25, -0.2) is 4.98 Å². The smallest absolute Gasteiger partial charge is 0.225 e. The van der Waals surface area contributed by atoms with Gasteiger partial charge in [0.1, 0.15) is 11.6 Å². The van der Waals surface area contributed by atoms with Crippen molar-refractivity contribution < 1.29 is 0 Å². The molecule has 1 heterocycles. The molecular formula is C8H18N4. The molecule has 1 rings (SSSR count). The van der Waals surface area contributed by atoms with Gasteiger partial charge in [0.2, 0.25) is 5.95 Å². The van der Waals surface area contributed by atoms with Crippen LogP contribution in [0.2, 0.25) is 0 Å². The van der Waals surface area contributed by atoms with Gasteiger partial charge in [0.05, 0.1) is 0 Å². The Kier molecular flexibility index (Phi) is 6.10. The minimum Gasteiger partial charge on any atom is -0.357 e. The number of nitrogens with zero attached hydrogens (tertiary/aromatic N) is 3. The first kappa shape index (κ1) is 13.4. The topological polar surface area (TPSA) is 50.7 Å². The Hall–Kier alpha value is -1.19. The third kappa shape index (κ3) is 3.27. The zero-order valence-electron chi connectivity index (χ0n) is 6.34. The number of nitrogens with one attached hydrogen (secondary N) is 1. The fourth-order valence-electron chi connectivity index (χ4n) is 0.727. The second-order valence-corrected chi connectivity index (χ2v) is 2.00. The molecule has 12 heavy (non-hydrogen) atoms. The highest BCUT2D eigenvalue weighted by Gasteiger charge is 1.95. The molecule has 1 aromatic heterocycles. The van der Waals surface area contributed by atoms with Crippen molar-refractivity contribution in [3.8, 4) is 0 Å². The fraction of sp³-hybridized carbons (Fsp3) is 0.625. The SMILES string of the molecule is C.C.CNc1nc(C)nc(C)n1. The summed E-state index contributed by atoms with van der Waals surface area (Å²) in [5.74, 6) is 2.12. The summed E-state index contributed by atoms with van der Waals surface area (Å²) in [6.45, 7) is 3.69. The van der Waals surface area contributed by atoms with Crippen LogP contribution < -0.4 is 5.32 Å². The van der Waals surface area contributed by atoms with Crippen LogP contribution in [0.5, 0.6) is 0 Å². The average molecular weight is 170 g/mol. The number of rotatable bonds is 1. The van der Waals surface area contributed by atoms with Crippen LogP contribution in [0.15, 0.2) is 0 Å². The predicted molar refractivity (Wildman–Crippen MR) is 52.3 cm³/mol. The van der Waals surface area contributed by atoms with Crippen molar-refractivity contribution >= 4 is 5.95 Å². The number of aryl methyl sites for hydroxylation is 2. The number of hydrogen-bond donors (Lipinski definition) is 1. The Morgan fingerprint density at radius 2 is 1.33 bits per heavy atom. The van der Waals surface area contributed by atoms with Crippen LogP contribution in [0.3, 0.4) is 0 Å². The molecule has 0 unspecified atom stereocenters. The summed E-state index contributed by atoms with van der Waals surface area (Å²) in [5, 5.41) is 2.85. The maximum Gasteiger partial charge on any atom is 0.225 e. The zero-order chi connectivity index (χ0) is 7.56. The molecule has 4 heteroatoms. The molecule has 0 aliphatic heterocycles. The van der Waals surface area contributed by atoms with Gasteiger partial charge in [-0.2, -0.15) is 9.97 Å². The molecule has 0 spiro atoms. The molecule has 0 atom stereocenters. The fourth-order valence-corrected chi connectivity index (χ4v) is 0.727. The summed E-state index contributed by atoms with van der Waals surface area (Å²) < 4.78 is 0. The van der Waals surface area contributed by atoms with Crippen LogP contribution in [0.4, 0.5) is 5.95 Å². The van der Waals surface area contributed by atoms with Gasteiger partial charge in [-0.3, -0.25) is 0 Å². The van der Waals surface area contributed by atoms with Crippen molar-refractivity contribution in [1.82, 2.24) is 15.0 Å². The monoisotopic (exact) mass is 170 g/mol. The maximum atomic E-state index is 4.02. The van der Waals surface area contributed by atoms with E-state index in [1.807, 2.05) is 13.8 Å². The third-order valence-electron chi connectivity index (χ3n) is 1.08. The molecule has 0 aliphatic rings. The Morgan fingerprint density at radius 3 is 1.67 bits per heavy atom. The Labute approximate surface area is 74.5 Å². The van der Waals surface area contributed by atoms with Crippen LogP contribution in [-0.2, 0) is 0 Å². The minimum atomic E-state index is 0. The van der Waals surface area contributed by atoms with Crippen molar-refractivity contribution in [2.24, 2.45) is 0 Å². The number of aromatic nitrogens is 3. The molecule has 0 radical (unpaired) electrons. The highest BCUT2D eigenvalue weighted by atomic mass is 15.1. The van der Waals surface area contributed by atoms with Gasteiger partial charge < -0.3 is 5.32 Å². The van der Waals surface area contributed by atoms with E-state index in [9.17, 15) is 0 Å². The van der Waals surface area contributed by atoms with Crippen LogP contribution >= 0.6 is 0 Å². The van der Waals surface area contributed by atoms with Crippen LogP contribution in [0, 0.1) is 13.8 Å². The summed E-state index contributed by atoms with van der Waals surface area (Å²) in [5.41, 5.74) is 0. The van der Waals surface area contributed by atoms with E-state index in [-0.39, 0.29) is 14.9 Å². The first-order chi connectivity index (χ1) is 4.72. The second-order valence-electron chi connectivity index (χ2n) is 2.00. The van der Waals surface area contributed by atoms with Gasteiger partial charge in [0.25, 0.3) is 0 Å². The molecule has 4 nitrogen and oxygen atoms in total. The molecule has 0 saturated carbocycles. The molecule has 0 fully saturated rings. The standard InChI is InChI=1S/C6H10N4.2CH4/c1-4-8-5(2)10-6(7-3)9-4;;/h1-3H3,(H,7,8,9,10);2*1H4. The quantitative estimate of drug-likeness (QED) is 0.698. The van der Waals surface area contributed by atoms with E-state index in [4.69, 9.17) is 0 Å². The first-order valence-electron chi connectivity index (χ1n) is 3.09. The van der Waals surface area contributed by atoms with E-state index in [0.29, 0.717) is 5.95 Å². The van der Waals surface area contributed by atoms with Gasteiger partial charge in [0.15, 0.2) is 0 Å². The molecule has 0 amide bonds. The van der Waals surface area contributed by atoms with Crippen LogP contribution in [0.1, 0.15) is 26.5 Å². The molecule has 0 aromatic carbocycles. The van der Waals surface area contributed by atoms with E-state index >= 15 is 0 Å². The Bertz CT molecular complexity index is 214. The van der Waals surface area contributed by atoms with Gasteiger partial charge in [-0.1, -0.05) is 14.9 Å². The van der Waals surface area contributed by atoms with E-state index in [0.717, 1.165) is 11.6 Å². The lowest BCUT2D eigenvalue weighted by molar-refractivity contribution is 0.924. The van der Waals surface area contributed by atoms with Gasteiger partial charge >= 0.3 is 0 Å². The highest BCUT2D eigenvalue weighted by molar-refractivity contribution is 5.21. The van der Waals surface area contributed by atoms with Crippen molar-refractivity contribution in [3.05, 3.63) is 11.6 Å². The molecule has 1 aromatic rings. The van der Waals surface area contributed by atoms with Gasteiger partial charge in [-0.05, 0) is 13.8 Å². The molecule has 0 aliphatic carbocycles. The van der Waals surface area contributed by atoms with Crippen molar-refractivity contribution in [2.75, 3.05) is 12.4 Å². The third-order valence-corrected chi connectivity index (χ3v) is 1.08. The summed E-state index contributed by atoms with van der Waals surface area (Å²) in [4.78, 5) is 12.1. The average Bonchev–Trinajstić information content (AvgIpc) is 1.85. The molecule has 0 saturated heterocycles. The lowest BCUT2D eigenvalue weighted by Crippen LogP contribution is -2.01. The number of anilines is 1. The highest BCUT2D eigenvalue weighted by Crippen LogP contribution is 1.96. The van der Waals surface area contributed by atoms with E-state index in [2.05, 4.69) is 20.3 Å². The van der Waals surface area contributed by atoms with Crippen molar-refractivity contribution in [2.45, 2.75) is 28.7 Å². The largest absolute Gasteiger partial charge is 0.357 e. The molecule has 70 valence electrons. The first-order valence-corrected chi connectivity index (χ1v) is 3.09. The van der Waals surface area contributed by atoms with E-state index in [1.165, 1.54) is 0 Å². The van der Waals surface area contributed by atoms with Crippen LogP contribution in [-0.4, -0.2) is 22.0 Å². The minimum absolute atomic E-state index is 0. The number of hydrogen-bond acceptors (Lipinski definition) is 4. The predicted octanol–water partition coefficient (Wildman–Crippen LogP) is 1.80. The van der Waals surface area contributed by atoms with Gasteiger partial charge in [-0.15, -0.1) is 0 Å². The van der Waals surface area contributed by atoms with E-state index in [1.54, 1.807) is 7.05 Å². The second kappa shape index (κ2) is 5.46. The zero-order valence-corrected chi connectivity index (χ0v) is 6.34. The summed E-state index contributed by atoms with van der Waals surface area (Å²) in [7, 11) is 1.79. The van der Waals surface area contributed by atoms with E-state index < -0.39 is 0 Å². The summed E-state index contributed by atoms with van der Waals surface area (Å²) in [6, 6.07) is 0. The molecule has 1 N–H and O–H groups in total. The lowest BCUT2D eigenvalue weighted by Gasteiger charge is -1.98. The van der Waals surface area contributed by atoms with Crippen LogP contribution in [0.25, 0.3) is 0 Å². The van der Waals surface area contributed by atoms with Crippen molar-refractivity contribution in [3.63, 3.8) is 0 Å². The Balaban J connectivity index is 0. The van der Waals surface area contributed by atoms with Gasteiger partial charge in [0, 0.05) is 7.05 Å². The Morgan fingerprint density at radius 1 is 0.917 bits per heavy atom. The summed E-state index contributed by atoms with van der Waals surface area (Å²) >= 11 is 0. The lowest BCUT2D eigenvalue weighted by atomic mass is 10.6. The summed E-state index contributed by atoms with van der Waals surface area (Å²) in [6.07, 6.45) is 0. The molecular weight excluding hydrogens is 152 g/mol. The molecule has 0 bridgehead atoms. The normalized spacial score (nSPS) is 7.92.